The largest absolute Gasteiger partial charge is 0.329 e. The van der Waals surface area contributed by atoms with Crippen LogP contribution < -0.4 is 5.73 Å². The van der Waals surface area contributed by atoms with Crippen LogP contribution in [0.25, 0.3) is 0 Å². The summed E-state index contributed by atoms with van der Waals surface area (Å²) in [6.07, 6.45) is 3.95. The minimum atomic E-state index is 0.236. The maximum atomic E-state index is 5.95. The van der Waals surface area contributed by atoms with Crippen molar-refractivity contribution in [3.8, 4) is 0 Å². The molecule has 1 atom stereocenters. The second-order valence-electron chi connectivity index (χ2n) is 5.10. The summed E-state index contributed by atoms with van der Waals surface area (Å²) in [5.74, 6) is 0. The number of likely N-dealkylation sites (N-methyl/N-ethyl adjacent to an activating group) is 1. The van der Waals surface area contributed by atoms with E-state index in [9.17, 15) is 0 Å². The Morgan fingerprint density at radius 1 is 1.42 bits per heavy atom. The van der Waals surface area contributed by atoms with Crippen LogP contribution >= 0.6 is 0 Å². The molecule has 2 N–H and O–H groups in total. The van der Waals surface area contributed by atoms with E-state index in [0.29, 0.717) is 6.54 Å². The number of aromatic nitrogens is 2. The van der Waals surface area contributed by atoms with Gasteiger partial charge >= 0.3 is 0 Å². The first-order valence-electron chi connectivity index (χ1n) is 6.54. The first kappa shape index (κ1) is 13.8. The lowest BCUT2D eigenvalue weighted by molar-refractivity contribution is 0.241. The Labute approximate surface area is 114 Å². The summed E-state index contributed by atoms with van der Waals surface area (Å²) < 4.78 is 1.83. The molecule has 1 unspecified atom stereocenters. The average molecular weight is 258 g/mol. The fourth-order valence-electron chi connectivity index (χ4n) is 2.40. The van der Waals surface area contributed by atoms with Gasteiger partial charge in [0.2, 0.25) is 0 Å². The third-order valence-corrected chi connectivity index (χ3v) is 3.37. The molecule has 19 heavy (non-hydrogen) atoms. The lowest BCUT2D eigenvalue weighted by Crippen LogP contribution is -2.30. The van der Waals surface area contributed by atoms with Crippen LogP contribution in [0.15, 0.2) is 36.7 Å². The minimum absolute atomic E-state index is 0.236. The highest BCUT2D eigenvalue weighted by Crippen LogP contribution is 2.21. The Morgan fingerprint density at radius 3 is 2.79 bits per heavy atom. The highest BCUT2D eigenvalue weighted by molar-refractivity contribution is 5.25. The first-order chi connectivity index (χ1) is 9.10. The van der Waals surface area contributed by atoms with Gasteiger partial charge in [0.15, 0.2) is 0 Å². The normalized spacial score (nSPS) is 12.9. The van der Waals surface area contributed by atoms with Crippen molar-refractivity contribution < 1.29 is 0 Å². The molecule has 1 heterocycles. The fraction of sp³-hybridized carbons (Fsp3) is 0.400. The summed E-state index contributed by atoms with van der Waals surface area (Å²) in [7, 11) is 4.04. The smallest absolute Gasteiger partial charge is 0.0534 e. The Balaban J connectivity index is 2.12. The van der Waals surface area contributed by atoms with Crippen LogP contribution in [0.3, 0.4) is 0 Å². The van der Waals surface area contributed by atoms with Crippen molar-refractivity contribution in [3.05, 3.63) is 53.3 Å². The summed E-state index contributed by atoms with van der Waals surface area (Å²) >= 11 is 0. The maximum absolute atomic E-state index is 5.95. The fourth-order valence-corrected chi connectivity index (χ4v) is 2.40. The number of nitrogens with zero attached hydrogens (tertiary/aromatic N) is 3. The summed E-state index contributed by atoms with van der Waals surface area (Å²) in [5, 5.41) is 4.20. The van der Waals surface area contributed by atoms with E-state index >= 15 is 0 Å². The Kier molecular flexibility index (Phi) is 4.35. The van der Waals surface area contributed by atoms with Gasteiger partial charge in [0.05, 0.1) is 6.20 Å². The zero-order valence-electron chi connectivity index (χ0n) is 11.9. The summed E-state index contributed by atoms with van der Waals surface area (Å²) in [4.78, 5) is 2.27. The van der Waals surface area contributed by atoms with E-state index in [1.807, 2.05) is 24.1 Å². The van der Waals surface area contributed by atoms with Crippen molar-refractivity contribution in [2.45, 2.75) is 19.5 Å². The second kappa shape index (κ2) is 5.99. The lowest BCUT2D eigenvalue weighted by Gasteiger charge is -2.27. The van der Waals surface area contributed by atoms with Crippen LogP contribution in [0.5, 0.6) is 0 Å². The van der Waals surface area contributed by atoms with Crippen LogP contribution in [-0.4, -0.2) is 28.3 Å². The molecule has 102 valence electrons. The van der Waals surface area contributed by atoms with Gasteiger partial charge in [-0.15, -0.1) is 0 Å². The van der Waals surface area contributed by atoms with Gasteiger partial charge in [-0.2, -0.15) is 5.10 Å². The van der Waals surface area contributed by atoms with Crippen LogP contribution in [0.1, 0.15) is 22.7 Å². The van der Waals surface area contributed by atoms with Gasteiger partial charge < -0.3 is 5.73 Å². The molecular weight excluding hydrogens is 236 g/mol. The van der Waals surface area contributed by atoms with Crippen molar-refractivity contribution in [1.82, 2.24) is 14.7 Å². The number of hydrogen-bond donors (Lipinski definition) is 1. The Bertz CT molecular complexity index is 532. The molecule has 1 aromatic carbocycles. The first-order valence-corrected chi connectivity index (χ1v) is 6.54. The summed E-state index contributed by atoms with van der Waals surface area (Å²) in [5.41, 5.74) is 9.70. The van der Waals surface area contributed by atoms with Crippen molar-refractivity contribution in [2.24, 2.45) is 12.8 Å². The third kappa shape index (κ3) is 3.43. The van der Waals surface area contributed by atoms with Crippen molar-refractivity contribution in [3.63, 3.8) is 0 Å². The average Bonchev–Trinajstić information content (AvgIpc) is 2.75. The zero-order chi connectivity index (χ0) is 13.8. The molecule has 0 aliphatic heterocycles. The topological polar surface area (TPSA) is 47.1 Å². The van der Waals surface area contributed by atoms with Gasteiger partial charge in [-0.25, -0.2) is 0 Å². The number of aryl methyl sites for hydroxylation is 2. The molecule has 4 heteroatoms. The highest BCUT2D eigenvalue weighted by Gasteiger charge is 2.16. The molecule has 0 fully saturated rings. The van der Waals surface area contributed by atoms with E-state index in [-0.39, 0.29) is 6.04 Å². The maximum Gasteiger partial charge on any atom is 0.0534 e. The predicted molar refractivity (Wildman–Crippen MR) is 77.6 cm³/mol. The van der Waals surface area contributed by atoms with Crippen LogP contribution in [0.4, 0.5) is 0 Å². The number of rotatable bonds is 5. The van der Waals surface area contributed by atoms with Gasteiger partial charge in [0.25, 0.3) is 0 Å². The molecule has 0 radical (unpaired) electrons. The molecule has 0 aliphatic rings. The van der Waals surface area contributed by atoms with E-state index in [2.05, 4.69) is 48.2 Å². The van der Waals surface area contributed by atoms with Crippen molar-refractivity contribution in [1.29, 1.82) is 0 Å². The Morgan fingerprint density at radius 2 is 2.21 bits per heavy atom. The van der Waals surface area contributed by atoms with Gasteiger partial charge in [-0.1, -0.05) is 29.8 Å². The van der Waals surface area contributed by atoms with Crippen molar-refractivity contribution >= 4 is 0 Å². The molecule has 4 nitrogen and oxygen atoms in total. The second-order valence-corrected chi connectivity index (χ2v) is 5.10. The van der Waals surface area contributed by atoms with Crippen molar-refractivity contribution in [2.75, 3.05) is 13.6 Å². The third-order valence-electron chi connectivity index (χ3n) is 3.37. The molecule has 2 aromatic rings. The van der Waals surface area contributed by atoms with E-state index in [4.69, 9.17) is 5.73 Å². The van der Waals surface area contributed by atoms with E-state index < -0.39 is 0 Å². The summed E-state index contributed by atoms with van der Waals surface area (Å²) in [6, 6.07) is 8.78. The molecule has 0 bridgehead atoms. The number of hydrogen-bond acceptors (Lipinski definition) is 3. The molecule has 1 aromatic heterocycles. The summed E-state index contributed by atoms with van der Waals surface area (Å²) in [6.45, 7) is 3.57. The molecule has 2 rings (SSSR count). The number of benzene rings is 1. The van der Waals surface area contributed by atoms with Crippen LogP contribution in [0.2, 0.25) is 0 Å². The molecule has 0 saturated carbocycles. The van der Waals surface area contributed by atoms with Crippen LogP contribution in [0, 0.1) is 6.92 Å². The van der Waals surface area contributed by atoms with E-state index in [1.54, 1.807) is 0 Å². The molecule has 0 amide bonds. The quantitative estimate of drug-likeness (QED) is 0.890. The Hall–Kier alpha value is -1.65. The van der Waals surface area contributed by atoms with E-state index in [1.165, 1.54) is 16.7 Å². The standard InChI is InChI=1S/C15H22N4/c1-12-5-4-6-14(7-12)15(8-16)18(2)10-13-9-17-19(3)11-13/h4-7,9,11,15H,8,10,16H2,1-3H3. The zero-order valence-corrected chi connectivity index (χ0v) is 11.9. The highest BCUT2D eigenvalue weighted by atomic mass is 15.2. The van der Waals surface area contributed by atoms with Gasteiger partial charge in [-0.05, 0) is 19.5 Å². The molecule has 0 spiro atoms. The predicted octanol–water partition coefficient (Wildman–Crippen LogP) is 1.86. The molecule has 0 saturated heterocycles. The monoisotopic (exact) mass is 258 g/mol. The molecular formula is C15H22N4. The lowest BCUT2D eigenvalue weighted by atomic mass is 10.0. The van der Waals surface area contributed by atoms with Gasteiger partial charge in [-0.3, -0.25) is 9.58 Å². The molecule has 0 aliphatic carbocycles. The van der Waals surface area contributed by atoms with Gasteiger partial charge in [0.1, 0.15) is 0 Å². The van der Waals surface area contributed by atoms with Crippen LogP contribution in [-0.2, 0) is 13.6 Å². The van der Waals surface area contributed by atoms with Gasteiger partial charge in [0, 0.05) is 37.9 Å². The minimum Gasteiger partial charge on any atom is -0.329 e. The number of nitrogens with two attached hydrogens (primary N) is 1. The van der Waals surface area contributed by atoms with E-state index in [0.717, 1.165) is 6.54 Å². The SMILES string of the molecule is Cc1cccc(C(CN)N(C)Cc2cnn(C)c2)c1.